The van der Waals surface area contributed by atoms with Crippen LogP contribution >= 0.6 is 0 Å². The smallest absolute Gasteiger partial charge is 0.337 e. The number of aryl methyl sites for hydroxylation is 1. The molecule has 0 radical (unpaired) electrons. The number of benzene rings is 4. The van der Waals surface area contributed by atoms with Gasteiger partial charge < -0.3 is 9.84 Å². The summed E-state index contributed by atoms with van der Waals surface area (Å²) in [6.07, 6.45) is 0. The van der Waals surface area contributed by atoms with E-state index in [4.69, 9.17) is 4.74 Å². The zero-order valence-corrected chi connectivity index (χ0v) is 23.0. The number of hydrogen-bond acceptors (Lipinski definition) is 8. The first-order valence-electron chi connectivity index (χ1n) is 11.8. The van der Waals surface area contributed by atoms with E-state index in [1.165, 1.54) is 30.3 Å². The third-order valence-corrected chi connectivity index (χ3v) is 8.58. The fraction of sp³-hybridized carbons (Fsp3) is 0.0741. The van der Waals surface area contributed by atoms with Gasteiger partial charge in [-0.1, -0.05) is 29.8 Å². The van der Waals surface area contributed by atoms with Crippen molar-refractivity contribution in [2.75, 3.05) is 4.72 Å². The molecule has 0 bridgehead atoms. The molecule has 0 saturated carbocycles. The van der Waals surface area contributed by atoms with E-state index in [0.29, 0.717) is 11.3 Å². The Hall–Kier alpha value is -4.79. The van der Waals surface area contributed by atoms with E-state index in [1.807, 2.05) is 6.92 Å². The highest BCUT2D eigenvalue weighted by Crippen LogP contribution is 2.29. The van der Waals surface area contributed by atoms with E-state index in [2.05, 4.69) is 9.44 Å². The van der Waals surface area contributed by atoms with Crippen LogP contribution in [0.15, 0.2) is 101 Å². The van der Waals surface area contributed by atoms with Crippen LogP contribution in [0.3, 0.4) is 0 Å². The van der Waals surface area contributed by atoms with Crippen molar-refractivity contribution in [2.24, 2.45) is 0 Å². The minimum absolute atomic E-state index is 0.0186. The van der Waals surface area contributed by atoms with Gasteiger partial charge in [-0.25, -0.2) is 26.4 Å². The molecule has 4 rings (SSSR count). The molecular weight excluding hydrogens is 574 g/mol. The molecule has 0 amide bonds. The number of non-ortho nitro benzene ring substituents is 1. The minimum Gasteiger partial charge on any atom is -0.478 e. The quantitative estimate of drug-likeness (QED) is 0.163. The molecule has 4 aromatic rings. The van der Waals surface area contributed by atoms with Gasteiger partial charge in [-0.15, -0.1) is 0 Å². The van der Waals surface area contributed by atoms with Gasteiger partial charge in [-0.05, 0) is 67.1 Å². The van der Waals surface area contributed by atoms with Gasteiger partial charge in [0.15, 0.2) is 0 Å². The third kappa shape index (κ3) is 7.25. The van der Waals surface area contributed by atoms with E-state index >= 15 is 0 Å². The standard InChI is InChI=1S/C27H23N3O9S2/c1-18-2-11-24(12-3-18)41(37,38)29-26-15-10-22(16-25(26)27(31)32)39-21-8-4-19(5-9-21)17-28-40(35,36)23-13-6-20(7-14-23)30(33)34/h2-16,28-29H,17H2,1H3,(H,31,32). The van der Waals surface area contributed by atoms with Crippen LogP contribution in [0.4, 0.5) is 11.4 Å². The zero-order valence-electron chi connectivity index (χ0n) is 21.3. The Balaban J connectivity index is 1.43. The van der Waals surface area contributed by atoms with Crippen molar-refractivity contribution in [3.63, 3.8) is 0 Å². The first-order chi connectivity index (χ1) is 19.3. The monoisotopic (exact) mass is 597 g/mol. The Morgan fingerprint density at radius 1 is 0.829 bits per heavy atom. The number of carboxylic acids is 1. The molecule has 0 aromatic heterocycles. The van der Waals surface area contributed by atoms with Crippen molar-refractivity contribution < 1.29 is 36.4 Å². The second-order valence-corrected chi connectivity index (χ2v) is 12.2. The van der Waals surface area contributed by atoms with E-state index in [-0.39, 0.29) is 39.0 Å². The van der Waals surface area contributed by atoms with Crippen molar-refractivity contribution >= 4 is 37.4 Å². The van der Waals surface area contributed by atoms with Crippen molar-refractivity contribution in [3.8, 4) is 11.5 Å². The van der Waals surface area contributed by atoms with Crippen molar-refractivity contribution in [1.29, 1.82) is 0 Å². The highest BCUT2D eigenvalue weighted by molar-refractivity contribution is 7.92. The molecule has 4 aromatic carbocycles. The Morgan fingerprint density at radius 2 is 1.39 bits per heavy atom. The van der Waals surface area contributed by atoms with Gasteiger partial charge in [-0.3, -0.25) is 14.8 Å². The van der Waals surface area contributed by atoms with Gasteiger partial charge in [0.05, 0.1) is 26.0 Å². The average molecular weight is 598 g/mol. The second kappa shape index (κ2) is 11.8. The predicted molar refractivity (Wildman–Crippen MR) is 149 cm³/mol. The zero-order chi connectivity index (χ0) is 29.8. The number of nitro benzene ring substituents is 1. The number of nitrogens with zero attached hydrogens (tertiary/aromatic N) is 1. The highest BCUT2D eigenvalue weighted by atomic mass is 32.2. The Bertz CT molecular complexity index is 1810. The van der Waals surface area contributed by atoms with Gasteiger partial charge in [0, 0.05) is 18.7 Å². The summed E-state index contributed by atoms with van der Waals surface area (Å²) in [6.45, 7) is 1.74. The summed E-state index contributed by atoms with van der Waals surface area (Å²) in [4.78, 5) is 21.9. The number of rotatable bonds is 11. The summed E-state index contributed by atoms with van der Waals surface area (Å²) in [5.74, 6) is -0.920. The number of sulfonamides is 2. The van der Waals surface area contributed by atoms with Crippen LogP contribution in [-0.4, -0.2) is 32.8 Å². The SMILES string of the molecule is Cc1ccc(S(=O)(=O)Nc2ccc(Oc3ccc(CNS(=O)(=O)c4ccc([N+](=O)[O-])cc4)cc3)cc2C(=O)O)cc1. The average Bonchev–Trinajstić information content (AvgIpc) is 2.93. The van der Waals surface area contributed by atoms with Crippen LogP contribution in [0, 0.1) is 17.0 Å². The normalized spacial score (nSPS) is 11.5. The summed E-state index contributed by atoms with van der Waals surface area (Å²) in [5.41, 5.74) is 0.757. The maximum absolute atomic E-state index is 12.7. The Morgan fingerprint density at radius 3 is 1.98 bits per heavy atom. The molecule has 41 heavy (non-hydrogen) atoms. The van der Waals surface area contributed by atoms with Gasteiger partial charge in [-0.2, -0.15) is 0 Å². The molecule has 0 unspecified atom stereocenters. The lowest BCUT2D eigenvalue weighted by atomic mass is 10.1. The van der Waals surface area contributed by atoms with E-state index in [1.54, 1.807) is 36.4 Å². The highest BCUT2D eigenvalue weighted by Gasteiger charge is 2.20. The van der Waals surface area contributed by atoms with Crippen LogP contribution in [0.1, 0.15) is 21.5 Å². The number of aromatic carboxylic acids is 1. The molecule has 12 nitrogen and oxygen atoms in total. The third-order valence-electron chi connectivity index (χ3n) is 5.78. The molecule has 0 aliphatic heterocycles. The molecule has 0 heterocycles. The minimum atomic E-state index is -4.03. The van der Waals surface area contributed by atoms with Crippen LogP contribution in [0.25, 0.3) is 0 Å². The molecule has 3 N–H and O–H groups in total. The van der Waals surface area contributed by atoms with E-state index in [9.17, 15) is 36.9 Å². The van der Waals surface area contributed by atoms with Gasteiger partial charge in [0.1, 0.15) is 11.5 Å². The van der Waals surface area contributed by atoms with Crippen LogP contribution in [0.5, 0.6) is 11.5 Å². The second-order valence-electron chi connectivity index (χ2n) is 8.75. The summed E-state index contributed by atoms with van der Waals surface area (Å²) in [7, 11) is -7.95. The van der Waals surface area contributed by atoms with Crippen LogP contribution in [0.2, 0.25) is 0 Å². The maximum atomic E-state index is 12.7. The lowest BCUT2D eigenvalue weighted by molar-refractivity contribution is -0.384. The summed E-state index contributed by atoms with van der Waals surface area (Å²) in [5, 5.41) is 20.4. The van der Waals surface area contributed by atoms with Gasteiger partial charge in [0.25, 0.3) is 15.7 Å². The number of nitro groups is 1. The maximum Gasteiger partial charge on any atom is 0.337 e. The molecular formula is C27H23N3O9S2. The first kappa shape index (κ1) is 29.2. The van der Waals surface area contributed by atoms with Crippen molar-refractivity contribution in [1.82, 2.24) is 4.72 Å². The summed E-state index contributed by atoms with van der Waals surface area (Å²) < 4.78 is 60.9. The molecule has 212 valence electrons. The summed E-state index contributed by atoms with van der Waals surface area (Å²) >= 11 is 0. The lowest BCUT2D eigenvalue weighted by Crippen LogP contribution is -2.23. The van der Waals surface area contributed by atoms with Gasteiger partial charge >= 0.3 is 5.97 Å². The summed E-state index contributed by atoms with van der Waals surface area (Å²) in [6, 6.07) is 20.7. The predicted octanol–water partition coefficient (Wildman–Crippen LogP) is 4.67. The Labute approximate surface area is 235 Å². The topological polar surface area (TPSA) is 182 Å². The van der Waals surface area contributed by atoms with Crippen LogP contribution < -0.4 is 14.2 Å². The number of anilines is 1. The number of carboxylic acid groups (broad SMARTS) is 1. The number of nitrogens with one attached hydrogen (secondary N) is 2. The Kier molecular flexibility index (Phi) is 8.37. The fourth-order valence-corrected chi connectivity index (χ4v) is 5.69. The molecule has 0 spiro atoms. The van der Waals surface area contributed by atoms with E-state index < -0.39 is 30.9 Å². The van der Waals surface area contributed by atoms with Crippen molar-refractivity contribution in [2.45, 2.75) is 23.3 Å². The number of hydrogen-bond donors (Lipinski definition) is 3. The molecule has 0 saturated heterocycles. The van der Waals surface area contributed by atoms with Crippen LogP contribution in [-0.2, 0) is 26.6 Å². The molecule has 0 atom stereocenters. The largest absolute Gasteiger partial charge is 0.478 e. The number of ether oxygens (including phenoxy) is 1. The molecule has 14 heteroatoms. The fourth-order valence-electron chi connectivity index (χ4n) is 3.59. The lowest BCUT2D eigenvalue weighted by Gasteiger charge is -2.13. The number of carbonyl (C=O) groups is 1. The van der Waals surface area contributed by atoms with Crippen molar-refractivity contribution in [3.05, 3.63) is 118 Å². The molecule has 0 fully saturated rings. The molecule has 0 aliphatic carbocycles. The van der Waals surface area contributed by atoms with Gasteiger partial charge in [0.2, 0.25) is 10.0 Å². The molecule has 0 aliphatic rings. The first-order valence-corrected chi connectivity index (χ1v) is 14.8. The van der Waals surface area contributed by atoms with E-state index in [0.717, 1.165) is 29.8 Å².